The molecule has 1 heterocycles. The van der Waals surface area contributed by atoms with Crippen LogP contribution < -0.4 is 5.32 Å². The van der Waals surface area contributed by atoms with Crippen LogP contribution in [0.1, 0.15) is 63.8 Å². The number of aromatic nitrogens is 2. The van der Waals surface area contributed by atoms with Crippen LogP contribution in [0.3, 0.4) is 0 Å². The van der Waals surface area contributed by atoms with Gasteiger partial charge in [-0.3, -0.25) is 4.79 Å². The Hall–Kier alpha value is -1.65. The molecule has 1 aliphatic carbocycles. The normalized spacial score (nSPS) is 25.9. The number of carbonyl (C=O) groups is 1. The van der Waals surface area contributed by atoms with E-state index in [1.54, 1.807) is 0 Å². The minimum absolute atomic E-state index is 0.120. The van der Waals surface area contributed by atoms with E-state index in [-0.39, 0.29) is 6.04 Å². The Bertz CT molecular complexity index is 530. The van der Waals surface area contributed by atoms with Gasteiger partial charge in [-0.2, -0.15) is 0 Å². The number of anilines is 1. The summed E-state index contributed by atoms with van der Waals surface area (Å²) in [5, 5.41) is 12.8. The zero-order valence-electron chi connectivity index (χ0n) is 13.3. The maximum Gasteiger partial charge on any atom is 0.311 e. The SMILES string of the molecule is Cc1cc(C(C)C)nc(NC2CCCCC2(C)C(=O)O)n1. The Balaban J connectivity index is 2.25. The number of hydrogen-bond donors (Lipinski definition) is 2. The van der Waals surface area contributed by atoms with Crippen molar-refractivity contribution in [2.24, 2.45) is 5.41 Å². The summed E-state index contributed by atoms with van der Waals surface area (Å²) in [5.74, 6) is 0.138. The Morgan fingerprint density at radius 1 is 1.43 bits per heavy atom. The van der Waals surface area contributed by atoms with Crippen molar-refractivity contribution in [3.63, 3.8) is 0 Å². The Kier molecular flexibility index (Phi) is 4.49. The monoisotopic (exact) mass is 291 g/mol. The van der Waals surface area contributed by atoms with Crippen LogP contribution in [0.5, 0.6) is 0 Å². The Morgan fingerprint density at radius 3 is 2.76 bits per heavy atom. The lowest BCUT2D eigenvalue weighted by molar-refractivity contribution is -0.150. The summed E-state index contributed by atoms with van der Waals surface area (Å²) < 4.78 is 0. The first-order chi connectivity index (χ1) is 9.83. The van der Waals surface area contributed by atoms with Gasteiger partial charge in [0.25, 0.3) is 0 Å². The molecule has 1 saturated carbocycles. The minimum atomic E-state index is -0.747. The van der Waals surface area contributed by atoms with Gasteiger partial charge in [-0.25, -0.2) is 9.97 Å². The second-order valence-corrected chi connectivity index (χ2v) is 6.58. The van der Waals surface area contributed by atoms with E-state index < -0.39 is 11.4 Å². The highest BCUT2D eigenvalue weighted by molar-refractivity contribution is 5.76. The largest absolute Gasteiger partial charge is 0.481 e. The van der Waals surface area contributed by atoms with Crippen molar-refractivity contribution in [2.45, 2.75) is 65.3 Å². The molecule has 0 spiro atoms. The van der Waals surface area contributed by atoms with Crippen LogP contribution in [-0.2, 0) is 4.79 Å². The van der Waals surface area contributed by atoms with E-state index >= 15 is 0 Å². The summed E-state index contributed by atoms with van der Waals surface area (Å²) in [5.41, 5.74) is 1.14. The number of rotatable bonds is 4. The zero-order valence-corrected chi connectivity index (χ0v) is 13.3. The molecule has 0 amide bonds. The summed E-state index contributed by atoms with van der Waals surface area (Å²) in [7, 11) is 0. The predicted molar refractivity (Wildman–Crippen MR) is 82.5 cm³/mol. The number of nitrogens with one attached hydrogen (secondary N) is 1. The first kappa shape index (κ1) is 15.7. The van der Waals surface area contributed by atoms with Gasteiger partial charge in [0.15, 0.2) is 0 Å². The lowest BCUT2D eigenvalue weighted by Crippen LogP contribution is -2.47. The molecule has 0 radical (unpaired) electrons. The second-order valence-electron chi connectivity index (χ2n) is 6.58. The van der Waals surface area contributed by atoms with Crippen molar-refractivity contribution < 1.29 is 9.90 Å². The van der Waals surface area contributed by atoms with Gasteiger partial charge in [0.2, 0.25) is 5.95 Å². The molecular weight excluding hydrogens is 266 g/mol. The molecule has 2 atom stereocenters. The molecule has 5 nitrogen and oxygen atoms in total. The molecule has 2 rings (SSSR count). The second kappa shape index (κ2) is 6.00. The number of aliphatic carboxylic acids is 1. The van der Waals surface area contributed by atoms with Crippen LogP contribution in [0.25, 0.3) is 0 Å². The number of hydrogen-bond acceptors (Lipinski definition) is 4. The molecule has 21 heavy (non-hydrogen) atoms. The zero-order chi connectivity index (χ0) is 15.6. The average molecular weight is 291 g/mol. The molecule has 5 heteroatoms. The lowest BCUT2D eigenvalue weighted by Gasteiger charge is -2.38. The standard InChI is InChI=1S/C16H25N3O2/c1-10(2)12-9-11(3)17-15(18-12)19-13-7-5-6-8-16(13,4)14(20)21/h9-10,13H,5-8H2,1-4H3,(H,20,21)(H,17,18,19). The van der Waals surface area contributed by atoms with E-state index in [2.05, 4.69) is 29.1 Å². The highest BCUT2D eigenvalue weighted by atomic mass is 16.4. The third kappa shape index (κ3) is 3.34. The number of carboxylic acids is 1. The minimum Gasteiger partial charge on any atom is -0.481 e. The molecule has 116 valence electrons. The maximum atomic E-state index is 11.6. The molecule has 1 fully saturated rings. The van der Waals surface area contributed by atoms with Crippen molar-refractivity contribution in [3.05, 3.63) is 17.5 Å². The quantitative estimate of drug-likeness (QED) is 0.889. The van der Waals surface area contributed by atoms with E-state index in [1.807, 2.05) is 19.9 Å². The van der Waals surface area contributed by atoms with Gasteiger partial charge in [0, 0.05) is 17.4 Å². The van der Waals surface area contributed by atoms with Gasteiger partial charge in [-0.1, -0.05) is 26.7 Å². The molecule has 0 aromatic carbocycles. The van der Waals surface area contributed by atoms with Crippen molar-refractivity contribution in [1.82, 2.24) is 9.97 Å². The van der Waals surface area contributed by atoms with Gasteiger partial charge >= 0.3 is 5.97 Å². The number of nitrogens with zero attached hydrogens (tertiary/aromatic N) is 2. The molecule has 0 bridgehead atoms. The van der Waals surface area contributed by atoms with Crippen LogP contribution in [0.4, 0.5) is 5.95 Å². The molecule has 2 N–H and O–H groups in total. The van der Waals surface area contributed by atoms with E-state index in [9.17, 15) is 9.90 Å². The summed E-state index contributed by atoms with van der Waals surface area (Å²) in [6, 6.07) is 1.86. The van der Waals surface area contributed by atoms with E-state index in [0.717, 1.165) is 30.7 Å². The Labute approximate surface area is 126 Å². The number of carboxylic acid groups (broad SMARTS) is 1. The lowest BCUT2D eigenvalue weighted by atomic mass is 9.72. The molecule has 1 aromatic heterocycles. The van der Waals surface area contributed by atoms with E-state index in [1.165, 1.54) is 0 Å². The summed E-state index contributed by atoms with van der Waals surface area (Å²) in [6.07, 6.45) is 3.55. The predicted octanol–water partition coefficient (Wildman–Crippen LogP) is 3.35. The van der Waals surface area contributed by atoms with Crippen molar-refractivity contribution in [3.8, 4) is 0 Å². The van der Waals surface area contributed by atoms with Gasteiger partial charge in [0.05, 0.1) is 5.41 Å². The summed E-state index contributed by atoms with van der Waals surface area (Å²) in [4.78, 5) is 20.6. The molecular formula is C16H25N3O2. The van der Waals surface area contributed by atoms with Crippen LogP contribution in [0.2, 0.25) is 0 Å². The van der Waals surface area contributed by atoms with Crippen molar-refractivity contribution in [2.75, 3.05) is 5.32 Å². The highest BCUT2D eigenvalue weighted by Crippen LogP contribution is 2.37. The van der Waals surface area contributed by atoms with E-state index in [0.29, 0.717) is 18.3 Å². The smallest absolute Gasteiger partial charge is 0.311 e. The van der Waals surface area contributed by atoms with Crippen LogP contribution >= 0.6 is 0 Å². The highest BCUT2D eigenvalue weighted by Gasteiger charge is 2.43. The van der Waals surface area contributed by atoms with Gasteiger partial charge < -0.3 is 10.4 Å². The fraction of sp³-hybridized carbons (Fsp3) is 0.688. The first-order valence-electron chi connectivity index (χ1n) is 7.68. The maximum absolute atomic E-state index is 11.6. The molecule has 1 aliphatic rings. The summed E-state index contributed by atoms with van der Waals surface area (Å²) in [6.45, 7) is 7.95. The van der Waals surface area contributed by atoms with Gasteiger partial charge in [-0.05, 0) is 38.7 Å². The van der Waals surface area contributed by atoms with Crippen LogP contribution in [-0.4, -0.2) is 27.1 Å². The van der Waals surface area contributed by atoms with Gasteiger partial charge in [0.1, 0.15) is 0 Å². The number of aryl methyl sites for hydroxylation is 1. The topological polar surface area (TPSA) is 75.1 Å². The van der Waals surface area contributed by atoms with Crippen molar-refractivity contribution >= 4 is 11.9 Å². The molecule has 0 saturated heterocycles. The third-order valence-corrected chi connectivity index (χ3v) is 4.47. The van der Waals surface area contributed by atoms with Gasteiger partial charge in [-0.15, -0.1) is 0 Å². The Morgan fingerprint density at radius 2 is 2.14 bits per heavy atom. The molecule has 1 aromatic rings. The third-order valence-electron chi connectivity index (χ3n) is 4.47. The molecule has 0 aliphatic heterocycles. The van der Waals surface area contributed by atoms with Crippen LogP contribution in [0, 0.1) is 12.3 Å². The van der Waals surface area contributed by atoms with Crippen LogP contribution in [0.15, 0.2) is 6.07 Å². The fourth-order valence-electron chi connectivity index (χ4n) is 2.93. The fourth-order valence-corrected chi connectivity index (χ4v) is 2.93. The van der Waals surface area contributed by atoms with Crippen molar-refractivity contribution in [1.29, 1.82) is 0 Å². The summed E-state index contributed by atoms with van der Waals surface area (Å²) >= 11 is 0. The molecule has 2 unspecified atom stereocenters. The first-order valence-corrected chi connectivity index (χ1v) is 7.68. The average Bonchev–Trinajstić information content (AvgIpc) is 2.40. The van der Waals surface area contributed by atoms with E-state index in [4.69, 9.17) is 0 Å².